The van der Waals surface area contributed by atoms with Crippen molar-refractivity contribution in [3.8, 4) is 5.75 Å². The summed E-state index contributed by atoms with van der Waals surface area (Å²) in [7, 11) is 1.59. The molecule has 0 fully saturated rings. The van der Waals surface area contributed by atoms with Crippen molar-refractivity contribution < 1.29 is 4.74 Å². The molecule has 0 unspecified atom stereocenters. The Balaban J connectivity index is 0.00000225. The van der Waals surface area contributed by atoms with Gasteiger partial charge in [0.1, 0.15) is 5.75 Å². The summed E-state index contributed by atoms with van der Waals surface area (Å²) < 4.78 is 5.65. The van der Waals surface area contributed by atoms with Gasteiger partial charge in [0, 0.05) is 17.0 Å². The minimum Gasteiger partial charge on any atom is -0.496 e. The molecule has 4 aromatic rings. The summed E-state index contributed by atoms with van der Waals surface area (Å²) in [6, 6.07) is 11.7. The maximum Gasteiger partial charge on any atom is 0.268 e. The van der Waals surface area contributed by atoms with E-state index in [-0.39, 0.29) is 23.5 Å². The smallest absolute Gasteiger partial charge is 0.268 e. The molecule has 4 rings (SSSR count). The second-order valence-corrected chi connectivity index (χ2v) is 6.57. The number of aromatic nitrogens is 4. The van der Waals surface area contributed by atoms with Crippen LogP contribution in [0.15, 0.2) is 46.0 Å². The van der Waals surface area contributed by atoms with Gasteiger partial charge in [-0.1, -0.05) is 30.3 Å². The van der Waals surface area contributed by atoms with Gasteiger partial charge in [0.2, 0.25) is 0 Å². The van der Waals surface area contributed by atoms with Crippen molar-refractivity contribution >= 4 is 23.2 Å². The van der Waals surface area contributed by atoms with Gasteiger partial charge < -0.3 is 14.9 Å². The summed E-state index contributed by atoms with van der Waals surface area (Å²) in [4.78, 5) is 25.3. The molecule has 2 heterocycles. The Bertz CT molecular complexity index is 1190. The highest BCUT2D eigenvalue weighted by Gasteiger charge is 2.31. The van der Waals surface area contributed by atoms with Gasteiger partial charge in [0.25, 0.3) is 11.1 Å². The van der Waals surface area contributed by atoms with Gasteiger partial charge in [-0.25, -0.2) is 0 Å². The number of methoxy groups -OCH3 is 1. The third-order valence-electron chi connectivity index (χ3n) is 5.04. The summed E-state index contributed by atoms with van der Waals surface area (Å²) >= 11 is 0. The van der Waals surface area contributed by atoms with Crippen LogP contribution in [0, 0.1) is 13.8 Å². The summed E-state index contributed by atoms with van der Waals surface area (Å²) in [6.45, 7) is 3.63. The third kappa shape index (κ3) is 2.93. The number of aryl methyl sites for hydroxylation is 2. The molecule has 0 aliphatic rings. The average molecular weight is 401 g/mol. The van der Waals surface area contributed by atoms with Crippen LogP contribution in [0.5, 0.6) is 5.75 Å². The number of fused-ring (bicyclic) bond motifs is 1. The van der Waals surface area contributed by atoms with Gasteiger partial charge in [-0.05, 0) is 30.7 Å². The summed E-state index contributed by atoms with van der Waals surface area (Å²) in [6.07, 6.45) is 0. The van der Waals surface area contributed by atoms with E-state index in [9.17, 15) is 9.59 Å². The molecule has 0 radical (unpaired) electrons. The zero-order valence-electron chi connectivity index (χ0n) is 15.7. The van der Waals surface area contributed by atoms with Crippen LogP contribution in [0.2, 0.25) is 0 Å². The number of hydrogen-bond donors (Lipinski definition) is 4. The standard InChI is InChI=1S/C20H20N4O3.ClH/c1-10-15(19(25)23-21-10)18(16-11(2)22-24-20(16)26)17-13-7-5-4-6-12(13)8-9-14(17)27-3;/h4-9,18H,1-3H3,(H2,21,23,25)(H2,22,24,26);1H. The van der Waals surface area contributed by atoms with E-state index in [4.69, 9.17) is 4.74 Å². The van der Waals surface area contributed by atoms with Crippen LogP contribution in [0.1, 0.15) is 34.0 Å². The predicted molar refractivity (Wildman–Crippen MR) is 111 cm³/mol. The maximum absolute atomic E-state index is 12.7. The van der Waals surface area contributed by atoms with Crippen molar-refractivity contribution in [3.63, 3.8) is 0 Å². The van der Waals surface area contributed by atoms with E-state index >= 15 is 0 Å². The van der Waals surface area contributed by atoms with Crippen LogP contribution >= 0.6 is 12.4 Å². The molecule has 0 spiro atoms. The summed E-state index contributed by atoms with van der Waals surface area (Å²) in [5.41, 5.74) is 2.63. The molecule has 0 bridgehead atoms. The molecule has 0 aliphatic heterocycles. The lowest BCUT2D eigenvalue weighted by Crippen LogP contribution is -2.21. The fourth-order valence-electron chi connectivity index (χ4n) is 3.79. The van der Waals surface area contributed by atoms with Crippen molar-refractivity contribution in [2.45, 2.75) is 19.8 Å². The average Bonchev–Trinajstić information content (AvgIpc) is 3.18. The number of hydrogen-bond acceptors (Lipinski definition) is 3. The molecule has 0 saturated carbocycles. The molecule has 0 aliphatic carbocycles. The lowest BCUT2D eigenvalue weighted by atomic mass is 9.82. The van der Waals surface area contributed by atoms with Crippen molar-refractivity contribution in [3.05, 3.63) is 85.2 Å². The van der Waals surface area contributed by atoms with Crippen LogP contribution in [-0.2, 0) is 0 Å². The first kappa shape index (κ1) is 19.6. The topological polar surface area (TPSA) is 107 Å². The van der Waals surface area contributed by atoms with E-state index in [0.29, 0.717) is 28.3 Å². The van der Waals surface area contributed by atoms with Crippen molar-refractivity contribution in [1.29, 1.82) is 0 Å². The van der Waals surface area contributed by atoms with Gasteiger partial charge in [0.05, 0.1) is 24.2 Å². The predicted octanol–water partition coefficient (Wildman–Crippen LogP) is 3.10. The number of nitrogens with one attached hydrogen (secondary N) is 4. The highest BCUT2D eigenvalue weighted by molar-refractivity contribution is 5.89. The molecule has 146 valence electrons. The third-order valence-corrected chi connectivity index (χ3v) is 5.04. The fourth-order valence-corrected chi connectivity index (χ4v) is 3.79. The van der Waals surface area contributed by atoms with Crippen molar-refractivity contribution in [1.82, 2.24) is 20.4 Å². The lowest BCUT2D eigenvalue weighted by Gasteiger charge is -2.21. The second kappa shape index (κ2) is 7.44. The van der Waals surface area contributed by atoms with Crippen LogP contribution < -0.4 is 15.9 Å². The monoisotopic (exact) mass is 400 g/mol. The highest BCUT2D eigenvalue weighted by Crippen LogP contribution is 2.40. The molecule has 2 aromatic carbocycles. The minimum absolute atomic E-state index is 0. The van der Waals surface area contributed by atoms with Crippen LogP contribution in [0.25, 0.3) is 10.8 Å². The number of ether oxygens (including phenoxy) is 1. The molecule has 0 amide bonds. The Morgan fingerprint density at radius 1 is 0.786 bits per heavy atom. The van der Waals surface area contributed by atoms with E-state index in [0.717, 1.165) is 16.3 Å². The number of benzene rings is 2. The SMILES string of the molecule is COc1ccc2ccccc2c1C(c1c(C)[nH][nH]c1=O)c1c(C)[nH][nH]c1=O.Cl. The Morgan fingerprint density at radius 3 is 1.86 bits per heavy atom. The molecule has 0 saturated heterocycles. The first-order chi connectivity index (χ1) is 13.0. The first-order valence-corrected chi connectivity index (χ1v) is 8.62. The normalized spacial score (nSPS) is 11.0. The largest absolute Gasteiger partial charge is 0.496 e. The summed E-state index contributed by atoms with van der Waals surface area (Å²) in [5, 5.41) is 12.9. The van der Waals surface area contributed by atoms with Crippen molar-refractivity contribution in [2.75, 3.05) is 7.11 Å². The molecular formula is C20H21ClN4O3. The van der Waals surface area contributed by atoms with Gasteiger partial charge in [-0.3, -0.25) is 19.8 Å². The van der Waals surface area contributed by atoms with Crippen LogP contribution in [0.4, 0.5) is 0 Å². The fraction of sp³-hybridized carbons (Fsp3) is 0.200. The Labute approximate surface area is 166 Å². The van der Waals surface area contributed by atoms with E-state index in [1.54, 1.807) is 7.11 Å². The van der Waals surface area contributed by atoms with E-state index in [1.807, 2.05) is 50.2 Å². The van der Waals surface area contributed by atoms with Gasteiger partial charge in [-0.15, -0.1) is 12.4 Å². The van der Waals surface area contributed by atoms with Crippen molar-refractivity contribution in [2.24, 2.45) is 0 Å². The first-order valence-electron chi connectivity index (χ1n) is 8.62. The zero-order chi connectivity index (χ0) is 19.1. The summed E-state index contributed by atoms with van der Waals surface area (Å²) in [5.74, 6) is 0.0368. The number of aromatic amines is 4. The quantitative estimate of drug-likeness (QED) is 0.423. The minimum atomic E-state index is -0.587. The Morgan fingerprint density at radius 2 is 1.36 bits per heavy atom. The zero-order valence-corrected chi connectivity index (χ0v) is 16.5. The van der Waals surface area contributed by atoms with Gasteiger partial charge in [-0.2, -0.15) is 0 Å². The Hall–Kier alpha value is -3.19. The molecule has 7 nitrogen and oxygen atoms in total. The Kier molecular flexibility index (Phi) is 5.20. The van der Waals surface area contributed by atoms with Crippen LogP contribution in [-0.4, -0.2) is 27.5 Å². The molecular weight excluding hydrogens is 380 g/mol. The highest BCUT2D eigenvalue weighted by atomic mass is 35.5. The number of halogens is 1. The van der Waals surface area contributed by atoms with E-state index in [1.165, 1.54) is 0 Å². The number of H-pyrrole nitrogens is 4. The van der Waals surface area contributed by atoms with Gasteiger partial charge in [0.15, 0.2) is 0 Å². The molecule has 28 heavy (non-hydrogen) atoms. The molecule has 0 atom stereocenters. The lowest BCUT2D eigenvalue weighted by molar-refractivity contribution is 0.410. The van der Waals surface area contributed by atoms with Gasteiger partial charge >= 0.3 is 0 Å². The second-order valence-electron chi connectivity index (χ2n) is 6.57. The number of rotatable bonds is 4. The molecule has 4 N–H and O–H groups in total. The maximum atomic E-state index is 12.7. The molecule has 2 aromatic heterocycles. The van der Waals surface area contributed by atoms with E-state index < -0.39 is 5.92 Å². The molecule has 8 heteroatoms. The van der Waals surface area contributed by atoms with E-state index in [2.05, 4.69) is 20.4 Å². The van der Waals surface area contributed by atoms with Crippen LogP contribution in [0.3, 0.4) is 0 Å².